The van der Waals surface area contributed by atoms with Crippen LogP contribution in [0, 0.1) is 0 Å². The third kappa shape index (κ3) is 3.79. The van der Waals surface area contributed by atoms with Gasteiger partial charge in [0.2, 0.25) is 5.91 Å². The molecule has 1 heterocycles. The number of hydrogen-bond donors (Lipinski definition) is 2. The van der Waals surface area contributed by atoms with Gasteiger partial charge in [0.15, 0.2) is 11.6 Å². The third-order valence-corrected chi connectivity index (χ3v) is 2.79. The van der Waals surface area contributed by atoms with Crippen molar-refractivity contribution < 1.29 is 14.7 Å². The Morgan fingerprint density at radius 1 is 1.19 bits per heavy atom. The van der Waals surface area contributed by atoms with Gasteiger partial charge in [-0.25, -0.2) is 4.98 Å². The van der Waals surface area contributed by atoms with Gasteiger partial charge >= 0.3 is 0 Å². The lowest BCUT2D eigenvalue weighted by atomic mass is 10.2. The van der Waals surface area contributed by atoms with E-state index in [1.165, 1.54) is 24.2 Å². The largest absolute Gasteiger partial charge is 0.504 e. The Bertz CT molecular complexity index is 644. The van der Waals surface area contributed by atoms with Crippen molar-refractivity contribution in [3.8, 4) is 5.75 Å². The van der Waals surface area contributed by atoms with E-state index in [0.717, 1.165) is 0 Å². The summed E-state index contributed by atoms with van der Waals surface area (Å²) in [7, 11) is 1.53. The summed E-state index contributed by atoms with van der Waals surface area (Å²) in [5.74, 6) is -0.738. The summed E-state index contributed by atoms with van der Waals surface area (Å²) >= 11 is 0. The number of likely N-dealkylation sites (N-methyl/N-ethyl adjacent to an activating group) is 1. The number of pyridine rings is 1. The molecule has 0 aliphatic carbocycles. The second kappa shape index (κ2) is 6.51. The summed E-state index contributed by atoms with van der Waals surface area (Å²) in [5, 5.41) is 12.0. The molecule has 21 heavy (non-hydrogen) atoms. The lowest BCUT2D eigenvalue weighted by molar-refractivity contribution is -0.116. The Morgan fingerprint density at radius 2 is 1.90 bits per heavy atom. The second-order valence-corrected chi connectivity index (χ2v) is 4.45. The van der Waals surface area contributed by atoms with E-state index in [1.807, 2.05) is 6.07 Å². The molecule has 2 amide bonds. The van der Waals surface area contributed by atoms with Gasteiger partial charge in [0.25, 0.3) is 5.91 Å². The fraction of sp³-hybridized carbons (Fsp3) is 0.133. The Kier molecular flexibility index (Phi) is 4.50. The van der Waals surface area contributed by atoms with Crippen LogP contribution in [-0.2, 0) is 4.79 Å². The molecule has 1 aromatic carbocycles. The van der Waals surface area contributed by atoms with Gasteiger partial charge in [-0.1, -0.05) is 18.2 Å². The second-order valence-electron chi connectivity index (χ2n) is 4.45. The minimum absolute atomic E-state index is 0.0723. The molecule has 0 saturated carbocycles. The Labute approximate surface area is 122 Å². The molecular weight excluding hydrogens is 270 g/mol. The van der Waals surface area contributed by atoms with Crippen LogP contribution >= 0.6 is 0 Å². The van der Waals surface area contributed by atoms with Crippen LogP contribution in [0.1, 0.15) is 10.4 Å². The molecule has 0 radical (unpaired) electrons. The molecule has 2 rings (SSSR count). The molecule has 6 heteroatoms. The number of nitrogens with one attached hydrogen (secondary N) is 1. The maximum Gasteiger partial charge on any atom is 0.254 e. The fourth-order valence-electron chi connectivity index (χ4n) is 1.75. The molecule has 2 N–H and O–H groups in total. The van der Waals surface area contributed by atoms with Crippen LogP contribution in [0.25, 0.3) is 0 Å². The highest BCUT2D eigenvalue weighted by atomic mass is 16.3. The normalized spacial score (nSPS) is 9.95. The maximum absolute atomic E-state index is 12.1. The summed E-state index contributed by atoms with van der Waals surface area (Å²) in [6.45, 7) is -0.135. The van der Waals surface area contributed by atoms with Gasteiger partial charge in [-0.2, -0.15) is 0 Å². The standard InChI is InChI=1S/C15H15N3O3/c1-18(15(21)11-6-3-2-4-7-11)10-13(20)17-14-12(19)8-5-9-16-14/h2-9,19H,10H2,1H3,(H,16,17,20). The van der Waals surface area contributed by atoms with E-state index >= 15 is 0 Å². The average molecular weight is 285 g/mol. The van der Waals surface area contributed by atoms with E-state index in [1.54, 1.807) is 30.3 Å². The summed E-state index contributed by atoms with van der Waals surface area (Å²) in [5.41, 5.74) is 0.508. The van der Waals surface area contributed by atoms with Gasteiger partial charge in [0, 0.05) is 18.8 Å². The third-order valence-electron chi connectivity index (χ3n) is 2.79. The number of aromatic nitrogens is 1. The van der Waals surface area contributed by atoms with Crippen LogP contribution in [0.4, 0.5) is 5.82 Å². The van der Waals surface area contributed by atoms with Crippen LogP contribution < -0.4 is 5.32 Å². The summed E-state index contributed by atoms with van der Waals surface area (Å²) < 4.78 is 0. The number of hydrogen-bond acceptors (Lipinski definition) is 4. The van der Waals surface area contributed by atoms with Crippen LogP contribution in [-0.4, -0.2) is 40.4 Å². The summed E-state index contributed by atoms with van der Waals surface area (Å²) in [6.07, 6.45) is 1.45. The minimum Gasteiger partial charge on any atom is -0.504 e. The van der Waals surface area contributed by atoms with E-state index in [0.29, 0.717) is 5.56 Å². The number of rotatable bonds is 4. The van der Waals surface area contributed by atoms with Crippen molar-refractivity contribution in [1.29, 1.82) is 0 Å². The average Bonchev–Trinajstić information content (AvgIpc) is 2.49. The smallest absolute Gasteiger partial charge is 0.254 e. The lowest BCUT2D eigenvalue weighted by Gasteiger charge is -2.16. The molecule has 0 unspecified atom stereocenters. The van der Waals surface area contributed by atoms with E-state index in [-0.39, 0.29) is 24.0 Å². The zero-order chi connectivity index (χ0) is 15.2. The van der Waals surface area contributed by atoms with E-state index in [4.69, 9.17) is 0 Å². The summed E-state index contributed by atoms with van der Waals surface area (Å²) in [4.78, 5) is 29.1. The number of nitrogens with zero attached hydrogens (tertiary/aromatic N) is 2. The van der Waals surface area contributed by atoms with Gasteiger partial charge in [-0.3, -0.25) is 9.59 Å². The first-order valence-electron chi connectivity index (χ1n) is 6.32. The van der Waals surface area contributed by atoms with E-state index in [9.17, 15) is 14.7 Å². The van der Waals surface area contributed by atoms with Crippen molar-refractivity contribution in [3.05, 3.63) is 54.2 Å². The van der Waals surface area contributed by atoms with Crippen molar-refractivity contribution in [2.45, 2.75) is 0 Å². The van der Waals surface area contributed by atoms with E-state index in [2.05, 4.69) is 10.3 Å². The Hall–Kier alpha value is -2.89. The molecule has 0 saturated heterocycles. The predicted octanol–water partition coefficient (Wildman–Crippen LogP) is 1.50. The summed E-state index contributed by atoms with van der Waals surface area (Å²) in [6, 6.07) is 11.7. The highest BCUT2D eigenvalue weighted by Gasteiger charge is 2.15. The molecule has 0 aliphatic heterocycles. The lowest BCUT2D eigenvalue weighted by Crippen LogP contribution is -2.35. The van der Waals surface area contributed by atoms with Crippen molar-refractivity contribution in [2.24, 2.45) is 0 Å². The molecule has 0 bridgehead atoms. The van der Waals surface area contributed by atoms with Crippen LogP contribution in [0.3, 0.4) is 0 Å². The molecule has 0 spiro atoms. The monoisotopic (exact) mass is 285 g/mol. The zero-order valence-electron chi connectivity index (χ0n) is 11.5. The van der Waals surface area contributed by atoms with E-state index < -0.39 is 5.91 Å². The van der Waals surface area contributed by atoms with Gasteiger partial charge in [0.1, 0.15) is 0 Å². The minimum atomic E-state index is -0.434. The molecule has 1 aromatic heterocycles. The molecule has 2 aromatic rings. The van der Waals surface area contributed by atoms with Crippen molar-refractivity contribution in [2.75, 3.05) is 18.9 Å². The fourth-order valence-corrected chi connectivity index (χ4v) is 1.75. The topological polar surface area (TPSA) is 82.5 Å². The highest BCUT2D eigenvalue weighted by molar-refractivity contribution is 5.99. The predicted molar refractivity (Wildman–Crippen MR) is 77.9 cm³/mol. The van der Waals surface area contributed by atoms with Gasteiger partial charge in [0.05, 0.1) is 6.54 Å². The SMILES string of the molecule is CN(CC(=O)Nc1ncccc1O)C(=O)c1ccccc1. The molecule has 6 nitrogen and oxygen atoms in total. The van der Waals surface area contributed by atoms with Crippen molar-refractivity contribution in [3.63, 3.8) is 0 Å². The number of carbonyl (C=O) groups excluding carboxylic acids is 2. The number of amides is 2. The molecular formula is C15H15N3O3. The quantitative estimate of drug-likeness (QED) is 0.891. The van der Waals surface area contributed by atoms with Crippen molar-refractivity contribution >= 4 is 17.6 Å². The number of anilines is 1. The van der Waals surface area contributed by atoms with Gasteiger partial charge in [-0.15, -0.1) is 0 Å². The first kappa shape index (κ1) is 14.5. The highest BCUT2D eigenvalue weighted by Crippen LogP contribution is 2.17. The van der Waals surface area contributed by atoms with Gasteiger partial charge in [-0.05, 0) is 24.3 Å². The number of carbonyl (C=O) groups is 2. The van der Waals surface area contributed by atoms with Gasteiger partial charge < -0.3 is 15.3 Å². The molecule has 0 aliphatic rings. The molecule has 0 atom stereocenters. The van der Waals surface area contributed by atoms with Crippen LogP contribution in [0.2, 0.25) is 0 Å². The van der Waals surface area contributed by atoms with Crippen LogP contribution in [0.15, 0.2) is 48.7 Å². The molecule has 0 fully saturated rings. The Balaban J connectivity index is 1.97. The van der Waals surface area contributed by atoms with Crippen LogP contribution in [0.5, 0.6) is 5.75 Å². The number of aromatic hydroxyl groups is 1. The van der Waals surface area contributed by atoms with Crippen molar-refractivity contribution in [1.82, 2.24) is 9.88 Å². The zero-order valence-corrected chi connectivity index (χ0v) is 11.5. The first-order valence-corrected chi connectivity index (χ1v) is 6.32. The number of benzene rings is 1. The first-order chi connectivity index (χ1) is 10.1. The maximum atomic E-state index is 12.1. The Morgan fingerprint density at radius 3 is 2.57 bits per heavy atom. The molecule has 108 valence electrons.